The Morgan fingerprint density at radius 3 is 2.33 bits per heavy atom. The highest BCUT2D eigenvalue weighted by Crippen LogP contribution is 2.22. The standard InChI is InChI=1S/C11H24N2OS/c1-8(2)9(3)15-7-6-11(4,13-5)10(12)14/h8-9,13H,6-7H2,1-5H3,(H2,12,14). The van der Waals surface area contributed by atoms with Crippen molar-refractivity contribution in [3.8, 4) is 0 Å². The van der Waals surface area contributed by atoms with Crippen molar-refractivity contribution in [1.82, 2.24) is 5.32 Å². The molecule has 3 nitrogen and oxygen atoms in total. The Kier molecular flexibility index (Phi) is 6.29. The molecule has 0 rings (SSSR count). The van der Waals surface area contributed by atoms with Crippen molar-refractivity contribution in [2.75, 3.05) is 12.8 Å². The van der Waals surface area contributed by atoms with Gasteiger partial charge in [0.25, 0.3) is 0 Å². The van der Waals surface area contributed by atoms with Crippen LogP contribution in [0.4, 0.5) is 0 Å². The van der Waals surface area contributed by atoms with Crippen LogP contribution in [-0.2, 0) is 4.79 Å². The van der Waals surface area contributed by atoms with Crippen LogP contribution < -0.4 is 11.1 Å². The van der Waals surface area contributed by atoms with E-state index < -0.39 is 5.54 Å². The number of amides is 1. The highest BCUT2D eigenvalue weighted by molar-refractivity contribution is 7.99. The molecule has 0 saturated heterocycles. The van der Waals surface area contributed by atoms with Gasteiger partial charge in [0.2, 0.25) is 5.91 Å². The van der Waals surface area contributed by atoms with E-state index in [-0.39, 0.29) is 5.91 Å². The smallest absolute Gasteiger partial charge is 0.237 e. The third-order valence-electron chi connectivity index (χ3n) is 3.02. The average molecular weight is 232 g/mol. The number of nitrogens with one attached hydrogen (secondary N) is 1. The Morgan fingerprint density at radius 1 is 1.47 bits per heavy atom. The van der Waals surface area contributed by atoms with E-state index in [1.54, 1.807) is 7.05 Å². The summed E-state index contributed by atoms with van der Waals surface area (Å²) in [7, 11) is 1.78. The molecule has 1 amide bonds. The van der Waals surface area contributed by atoms with Crippen LogP contribution in [0.2, 0.25) is 0 Å². The maximum atomic E-state index is 11.2. The molecule has 4 heteroatoms. The zero-order valence-electron chi connectivity index (χ0n) is 10.5. The van der Waals surface area contributed by atoms with Crippen LogP contribution in [0, 0.1) is 5.92 Å². The van der Waals surface area contributed by atoms with Crippen molar-refractivity contribution < 1.29 is 4.79 Å². The fourth-order valence-corrected chi connectivity index (χ4v) is 2.30. The van der Waals surface area contributed by atoms with E-state index in [2.05, 4.69) is 26.1 Å². The van der Waals surface area contributed by atoms with E-state index in [1.165, 1.54) is 0 Å². The first-order valence-corrected chi connectivity index (χ1v) is 6.48. The van der Waals surface area contributed by atoms with E-state index >= 15 is 0 Å². The van der Waals surface area contributed by atoms with Crippen molar-refractivity contribution in [1.29, 1.82) is 0 Å². The summed E-state index contributed by atoms with van der Waals surface area (Å²) in [6.07, 6.45) is 0.778. The number of likely N-dealkylation sites (N-methyl/N-ethyl adjacent to an activating group) is 1. The monoisotopic (exact) mass is 232 g/mol. The molecular formula is C11H24N2OS. The van der Waals surface area contributed by atoms with Gasteiger partial charge >= 0.3 is 0 Å². The second-order valence-corrected chi connectivity index (χ2v) is 6.00. The SMILES string of the molecule is CNC(C)(CCSC(C)C(C)C)C(N)=O. The molecule has 0 aromatic rings. The van der Waals surface area contributed by atoms with Crippen molar-refractivity contribution in [3.05, 3.63) is 0 Å². The Labute approximate surface area is 97.6 Å². The summed E-state index contributed by atoms with van der Waals surface area (Å²) in [6.45, 7) is 8.50. The van der Waals surface area contributed by atoms with Crippen molar-refractivity contribution in [2.24, 2.45) is 11.7 Å². The summed E-state index contributed by atoms with van der Waals surface area (Å²) in [4.78, 5) is 11.2. The summed E-state index contributed by atoms with van der Waals surface area (Å²) >= 11 is 1.90. The number of primary amides is 1. The number of carbonyl (C=O) groups excluding carboxylic acids is 1. The van der Waals surface area contributed by atoms with Gasteiger partial charge in [-0.1, -0.05) is 20.8 Å². The highest BCUT2D eigenvalue weighted by Gasteiger charge is 2.28. The predicted molar refractivity (Wildman–Crippen MR) is 68.0 cm³/mol. The molecule has 2 unspecified atom stereocenters. The molecule has 0 aromatic heterocycles. The van der Waals surface area contributed by atoms with Gasteiger partial charge < -0.3 is 11.1 Å². The highest BCUT2D eigenvalue weighted by atomic mass is 32.2. The first-order chi connectivity index (χ1) is 6.83. The molecule has 0 aromatic carbocycles. The Balaban J connectivity index is 3.98. The lowest BCUT2D eigenvalue weighted by atomic mass is 9.99. The summed E-state index contributed by atoms with van der Waals surface area (Å²) in [5.41, 5.74) is 4.78. The zero-order chi connectivity index (χ0) is 12.1. The molecule has 0 radical (unpaired) electrons. The maximum absolute atomic E-state index is 11.2. The Hall–Kier alpha value is -0.220. The zero-order valence-corrected chi connectivity index (χ0v) is 11.3. The van der Waals surface area contributed by atoms with E-state index in [0.29, 0.717) is 11.2 Å². The minimum absolute atomic E-state index is 0.275. The van der Waals surface area contributed by atoms with E-state index in [1.807, 2.05) is 18.7 Å². The molecule has 0 aliphatic carbocycles. The largest absolute Gasteiger partial charge is 0.368 e. The second kappa shape index (κ2) is 6.38. The first kappa shape index (κ1) is 14.8. The Morgan fingerprint density at radius 2 is 2.00 bits per heavy atom. The van der Waals surface area contributed by atoms with Gasteiger partial charge in [-0.05, 0) is 32.1 Å². The van der Waals surface area contributed by atoms with E-state index in [4.69, 9.17) is 5.73 Å². The van der Waals surface area contributed by atoms with E-state index in [9.17, 15) is 4.79 Å². The number of thioether (sulfide) groups is 1. The summed E-state index contributed by atoms with van der Waals surface area (Å²) < 4.78 is 0. The minimum atomic E-state index is -0.566. The molecule has 2 atom stereocenters. The Bertz CT molecular complexity index is 209. The topological polar surface area (TPSA) is 55.1 Å². The van der Waals surface area contributed by atoms with Crippen molar-refractivity contribution in [2.45, 2.75) is 44.9 Å². The van der Waals surface area contributed by atoms with Crippen LogP contribution in [0.15, 0.2) is 0 Å². The lowest BCUT2D eigenvalue weighted by Gasteiger charge is -2.26. The van der Waals surface area contributed by atoms with Crippen LogP contribution in [0.1, 0.15) is 34.1 Å². The van der Waals surface area contributed by atoms with Crippen molar-refractivity contribution >= 4 is 17.7 Å². The molecule has 3 N–H and O–H groups in total. The van der Waals surface area contributed by atoms with Crippen LogP contribution in [0.5, 0.6) is 0 Å². The van der Waals surface area contributed by atoms with E-state index in [0.717, 1.165) is 12.2 Å². The number of nitrogens with two attached hydrogens (primary N) is 1. The molecule has 90 valence electrons. The van der Waals surface area contributed by atoms with Gasteiger partial charge in [-0.25, -0.2) is 0 Å². The summed E-state index contributed by atoms with van der Waals surface area (Å²) in [6, 6.07) is 0. The minimum Gasteiger partial charge on any atom is -0.368 e. The fourth-order valence-electron chi connectivity index (χ4n) is 1.01. The molecule has 0 spiro atoms. The molecule has 0 bridgehead atoms. The normalized spacial score (nSPS) is 17.5. The van der Waals surface area contributed by atoms with Crippen molar-refractivity contribution in [3.63, 3.8) is 0 Å². The quantitative estimate of drug-likeness (QED) is 0.701. The number of hydrogen-bond donors (Lipinski definition) is 2. The van der Waals surface area contributed by atoms with Crippen LogP contribution in [0.3, 0.4) is 0 Å². The number of hydrogen-bond acceptors (Lipinski definition) is 3. The number of rotatable bonds is 7. The lowest BCUT2D eigenvalue weighted by molar-refractivity contribution is -0.123. The van der Waals surface area contributed by atoms with Crippen LogP contribution in [0.25, 0.3) is 0 Å². The number of carbonyl (C=O) groups is 1. The van der Waals surface area contributed by atoms with Gasteiger partial charge in [-0.2, -0.15) is 11.8 Å². The van der Waals surface area contributed by atoms with Gasteiger partial charge in [-0.15, -0.1) is 0 Å². The third kappa shape index (κ3) is 4.89. The van der Waals surface area contributed by atoms with Gasteiger partial charge in [0, 0.05) is 5.25 Å². The molecule has 0 fully saturated rings. The fraction of sp³-hybridized carbons (Fsp3) is 0.909. The molecule has 15 heavy (non-hydrogen) atoms. The van der Waals surface area contributed by atoms with Crippen LogP contribution >= 0.6 is 11.8 Å². The summed E-state index contributed by atoms with van der Waals surface area (Å²) in [5, 5.41) is 3.62. The van der Waals surface area contributed by atoms with Gasteiger partial charge in [0.1, 0.15) is 0 Å². The molecule has 0 aliphatic heterocycles. The second-order valence-electron chi connectivity index (χ2n) is 4.52. The average Bonchev–Trinajstić information content (AvgIpc) is 2.16. The maximum Gasteiger partial charge on any atom is 0.237 e. The molecule has 0 saturated carbocycles. The predicted octanol–water partition coefficient (Wildman–Crippen LogP) is 1.62. The van der Waals surface area contributed by atoms with Crippen LogP contribution in [-0.4, -0.2) is 29.5 Å². The first-order valence-electron chi connectivity index (χ1n) is 5.44. The van der Waals surface area contributed by atoms with Gasteiger partial charge in [0.15, 0.2) is 0 Å². The molecule has 0 heterocycles. The molecule has 0 aliphatic rings. The third-order valence-corrected chi connectivity index (χ3v) is 4.53. The van der Waals surface area contributed by atoms with Gasteiger partial charge in [0.05, 0.1) is 5.54 Å². The molecular weight excluding hydrogens is 208 g/mol. The lowest BCUT2D eigenvalue weighted by Crippen LogP contribution is -2.51. The summed E-state index contributed by atoms with van der Waals surface area (Å²) in [5.74, 6) is 1.35. The van der Waals surface area contributed by atoms with Gasteiger partial charge in [-0.3, -0.25) is 4.79 Å².